The molecule has 0 radical (unpaired) electrons. The van der Waals surface area contributed by atoms with E-state index in [1.165, 1.54) is 12.7 Å². The van der Waals surface area contributed by atoms with E-state index in [1.54, 1.807) is 12.1 Å². The predicted octanol–water partition coefficient (Wildman–Crippen LogP) is 3.80. The summed E-state index contributed by atoms with van der Waals surface area (Å²) in [4.78, 5) is 11.3. The van der Waals surface area contributed by atoms with E-state index >= 15 is 0 Å². The Morgan fingerprint density at radius 2 is 2.10 bits per heavy atom. The molecule has 2 rings (SSSR count). The van der Waals surface area contributed by atoms with Crippen molar-refractivity contribution < 1.29 is 13.9 Å². The molecule has 1 aromatic heterocycles. The summed E-state index contributed by atoms with van der Waals surface area (Å²) in [6, 6.07) is 11.7. The summed E-state index contributed by atoms with van der Waals surface area (Å²) < 4.78 is 10.0. The van der Waals surface area contributed by atoms with Crippen molar-refractivity contribution in [3.05, 3.63) is 53.5 Å². The van der Waals surface area contributed by atoms with Gasteiger partial charge in [-0.05, 0) is 35.7 Å². The van der Waals surface area contributed by atoms with E-state index in [9.17, 15) is 4.79 Å². The molecule has 2 aromatic rings. The first-order valence-electron chi connectivity index (χ1n) is 6.61. The molecule has 0 saturated heterocycles. The lowest BCUT2D eigenvalue weighted by molar-refractivity contribution is 0.0563. The highest BCUT2D eigenvalue weighted by molar-refractivity contribution is 5.86. The van der Waals surface area contributed by atoms with Gasteiger partial charge in [-0.1, -0.05) is 26.0 Å². The van der Waals surface area contributed by atoms with Crippen molar-refractivity contribution in [2.24, 2.45) is 0 Å². The minimum Gasteiger partial charge on any atom is -0.463 e. The highest BCUT2D eigenvalue weighted by Gasteiger charge is 2.10. The molecule has 0 amide bonds. The van der Waals surface area contributed by atoms with E-state index in [4.69, 9.17) is 4.42 Å². The zero-order valence-corrected chi connectivity index (χ0v) is 12.0. The Bertz CT molecular complexity index is 587. The lowest BCUT2D eigenvalue weighted by Crippen LogP contribution is -2.00. The van der Waals surface area contributed by atoms with Crippen molar-refractivity contribution in [1.82, 2.24) is 0 Å². The maximum absolute atomic E-state index is 11.3. The lowest BCUT2D eigenvalue weighted by Gasteiger charge is -2.09. The van der Waals surface area contributed by atoms with Crippen LogP contribution in [0.15, 0.2) is 40.8 Å². The standard InChI is InChI=1S/C16H19NO3/c1-11(2)12-5-4-6-13(9-12)17-10-14-7-8-15(20-14)16(18)19-3/h4-9,11,17H,10H2,1-3H3. The van der Waals surface area contributed by atoms with E-state index in [1.807, 2.05) is 12.1 Å². The molecule has 0 bridgehead atoms. The Morgan fingerprint density at radius 1 is 1.30 bits per heavy atom. The Labute approximate surface area is 118 Å². The molecule has 4 nitrogen and oxygen atoms in total. The van der Waals surface area contributed by atoms with Crippen LogP contribution in [-0.2, 0) is 11.3 Å². The maximum Gasteiger partial charge on any atom is 0.373 e. The van der Waals surface area contributed by atoms with Gasteiger partial charge in [0.25, 0.3) is 0 Å². The molecule has 1 N–H and O–H groups in total. The Hall–Kier alpha value is -2.23. The minimum atomic E-state index is -0.460. The van der Waals surface area contributed by atoms with Crippen LogP contribution >= 0.6 is 0 Å². The molecule has 0 atom stereocenters. The Balaban J connectivity index is 2.00. The van der Waals surface area contributed by atoms with Crippen LogP contribution in [0.3, 0.4) is 0 Å². The van der Waals surface area contributed by atoms with Crippen LogP contribution in [0.5, 0.6) is 0 Å². The molecular weight excluding hydrogens is 254 g/mol. The molecular formula is C16H19NO3. The molecule has 1 heterocycles. The molecule has 0 aliphatic carbocycles. The second-order valence-corrected chi connectivity index (χ2v) is 4.89. The van der Waals surface area contributed by atoms with Gasteiger partial charge in [-0.2, -0.15) is 0 Å². The van der Waals surface area contributed by atoms with Gasteiger partial charge in [-0.15, -0.1) is 0 Å². The number of carbonyl (C=O) groups excluding carboxylic acids is 1. The number of nitrogens with one attached hydrogen (secondary N) is 1. The number of carbonyl (C=O) groups is 1. The molecule has 0 saturated carbocycles. The third kappa shape index (κ3) is 3.41. The second kappa shape index (κ2) is 6.28. The van der Waals surface area contributed by atoms with Gasteiger partial charge in [0.2, 0.25) is 5.76 Å². The number of hydrogen-bond donors (Lipinski definition) is 1. The summed E-state index contributed by atoms with van der Waals surface area (Å²) in [5, 5.41) is 3.28. The second-order valence-electron chi connectivity index (χ2n) is 4.89. The number of benzene rings is 1. The summed E-state index contributed by atoms with van der Waals surface area (Å²) in [5.41, 5.74) is 2.32. The van der Waals surface area contributed by atoms with Crippen LogP contribution in [0.25, 0.3) is 0 Å². The maximum atomic E-state index is 11.3. The number of ether oxygens (including phenoxy) is 1. The van der Waals surface area contributed by atoms with Crippen LogP contribution in [0.2, 0.25) is 0 Å². The highest BCUT2D eigenvalue weighted by atomic mass is 16.5. The molecule has 0 spiro atoms. The van der Waals surface area contributed by atoms with Gasteiger partial charge >= 0.3 is 5.97 Å². The number of methoxy groups -OCH3 is 1. The smallest absolute Gasteiger partial charge is 0.373 e. The van der Waals surface area contributed by atoms with E-state index in [2.05, 4.69) is 36.0 Å². The summed E-state index contributed by atoms with van der Waals surface area (Å²) in [7, 11) is 1.33. The molecule has 1 aromatic carbocycles. The third-order valence-corrected chi connectivity index (χ3v) is 3.07. The van der Waals surface area contributed by atoms with Crippen molar-refractivity contribution in [2.45, 2.75) is 26.3 Å². The SMILES string of the molecule is COC(=O)c1ccc(CNc2cccc(C(C)C)c2)o1. The van der Waals surface area contributed by atoms with Crippen molar-refractivity contribution >= 4 is 11.7 Å². The number of furan rings is 1. The molecule has 4 heteroatoms. The van der Waals surface area contributed by atoms with E-state index in [0.717, 1.165) is 5.69 Å². The molecule has 0 aliphatic rings. The van der Waals surface area contributed by atoms with E-state index in [0.29, 0.717) is 18.2 Å². The molecule has 20 heavy (non-hydrogen) atoms. The van der Waals surface area contributed by atoms with Crippen LogP contribution in [0.1, 0.15) is 41.6 Å². The van der Waals surface area contributed by atoms with E-state index < -0.39 is 5.97 Å². The fourth-order valence-electron chi connectivity index (χ4n) is 1.88. The largest absolute Gasteiger partial charge is 0.463 e. The molecule has 0 aliphatic heterocycles. The van der Waals surface area contributed by atoms with Gasteiger partial charge in [0.15, 0.2) is 0 Å². The number of rotatable bonds is 5. The highest BCUT2D eigenvalue weighted by Crippen LogP contribution is 2.19. The first-order chi connectivity index (χ1) is 9.60. The van der Waals surface area contributed by atoms with Gasteiger partial charge in [0, 0.05) is 5.69 Å². The average molecular weight is 273 g/mol. The first-order valence-corrected chi connectivity index (χ1v) is 6.61. The summed E-state index contributed by atoms with van der Waals surface area (Å²) in [5.74, 6) is 0.949. The van der Waals surface area contributed by atoms with Crippen LogP contribution < -0.4 is 5.32 Å². The van der Waals surface area contributed by atoms with E-state index in [-0.39, 0.29) is 5.76 Å². The molecule has 0 unspecified atom stereocenters. The quantitative estimate of drug-likeness (QED) is 0.842. The minimum absolute atomic E-state index is 0.222. The summed E-state index contributed by atoms with van der Waals surface area (Å²) in [6.07, 6.45) is 0. The van der Waals surface area contributed by atoms with Crippen molar-refractivity contribution in [1.29, 1.82) is 0 Å². The third-order valence-electron chi connectivity index (χ3n) is 3.07. The fourth-order valence-corrected chi connectivity index (χ4v) is 1.88. The number of hydrogen-bond acceptors (Lipinski definition) is 4. The molecule has 106 valence electrons. The van der Waals surface area contributed by atoms with Crippen LogP contribution in [0, 0.1) is 0 Å². The van der Waals surface area contributed by atoms with Crippen molar-refractivity contribution in [3.63, 3.8) is 0 Å². The monoisotopic (exact) mass is 273 g/mol. The van der Waals surface area contributed by atoms with Crippen molar-refractivity contribution in [2.75, 3.05) is 12.4 Å². The number of esters is 1. The van der Waals surface area contributed by atoms with Crippen LogP contribution in [-0.4, -0.2) is 13.1 Å². The van der Waals surface area contributed by atoms with Gasteiger partial charge in [-0.25, -0.2) is 4.79 Å². The van der Waals surface area contributed by atoms with Gasteiger partial charge in [-0.3, -0.25) is 0 Å². The number of anilines is 1. The van der Waals surface area contributed by atoms with Crippen molar-refractivity contribution in [3.8, 4) is 0 Å². The first kappa shape index (κ1) is 14.2. The lowest BCUT2D eigenvalue weighted by atomic mass is 10.0. The van der Waals surface area contributed by atoms with Gasteiger partial charge in [0.1, 0.15) is 5.76 Å². The predicted molar refractivity (Wildman–Crippen MR) is 77.9 cm³/mol. The average Bonchev–Trinajstić information content (AvgIpc) is 2.93. The topological polar surface area (TPSA) is 51.5 Å². The Morgan fingerprint density at radius 3 is 2.80 bits per heavy atom. The Kier molecular flexibility index (Phi) is 4.45. The zero-order chi connectivity index (χ0) is 14.5. The van der Waals surface area contributed by atoms with Gasteiger partial charge < -0.3 is 14.5 Å². The van der Waals surface area contributed by atoms with Gasteiger partial charge in [0.05, 0.1) is 13.7 Å². The fraction of sp³-hybridized carbons (Fsp3) is 0.312. The normalized spacial score (nSPS) is 10.6. The summed E-state index contributed by atoms with van der Waals surface area (Å²) >= 11 is 0. The molecule has 0 fully saturated rings. The summed E-state index contributed by atoms with van der Waals surface area (Å²) in [6.45, 7) is 4.85. The zero-order valence-electron chi connectivity index (χ0n) is 12.0. The van der Waals surface area contributed by atoms with Crippen LogP contribution in [0.4, 0.5) is 5.69 Å².